The number of imidazole rings is 1. The number of aryl methyl sites for hydroxylation is 1. The molecule has 0 radical (unpaired) electrons. The Morgan fingerprint density at radius 3 is 2.65 bits per heavy atom. The predicted molar refractivity (Wildman–Crippen MR) is 84.0 cm³/mol. The highest BCUT2D eigenvalue weighted by Gasteiger charge is 2.24. The molecule has 108 valence electrons. The van der Waals surface area contributed by atoms with Gasteiger partial charge >= 0.3 is 0 Å². The number of fused-ring (bicyclic) bond motifs is 1. The normalized spacial score (nSPS) is 17.2. The second-order valence-corrected chi connectivity index (χ2v) is 6.80. The molecule has 1 aromatic carbocycles. The van der Waals surface area contributed by atoms with Crippen LogP contribution < -0.4 is 5.73 Å². The van der Waals surface area contributed by atoms with Crippen molar-refractivity contribution in [1.29, 1.82) is 0 Å². The zero-order chi connectivity index (χ0) is 14.3. The maximum absolute atomic E-state index is 5.89. The highest BCUT2D eigenvalue weighted by atomic mass is 15.1. The van der Waals surface area contributed by atoms with Crippen LogP contribution in [0.4, 0.5) is 0 Å². The Hall–Kier alpha value is -1.35. The quantitative estimate of drug-likeness (QED) is 0.929. The third-order valence-electron chi connectivity index (χ3n) is 4.93. The second kappa shape index (κ2) is 4.88. The first kappa shape index (κ1) is 13.6. The molecule has 1 aliphatic rings. The Morgan fingerprint density at radius 1 is 1.30 bits per heavy atom. The van der Waals surface area contributed by atoms with E-state index in [2.05, 4.69) is 43.7 Å². The molecule has 1 aromatic heterocycles. The van der Waals surface area contributed by atoms with E-state index in [1.807, 2.05) is 0 Å². The highest BCUT2D eigenvalue weighted by molar-refractivity contribution is 5.77. The number of benzene rings is 1. The first-order valence-electron chi connectivity index (χ1n) is 7.70. The van der Waals surface area contributed by atoms with Crippen molar-refractivity contribution in [2.75, 3.05) is 6.54 Å². The summed E-state index contributed by atoms with van der Waals surface area (Å²) in [5.74, 6) is 1.92. The van der Waals surface area contributed by atoms with Gasteiger partial charge in [0.1, 0.15) is 5.82 Å². The summed E-state index contributed by atoms with van der Waals surface area (Å²) in [6, 6.07) is 6.63. The molecule has 0 spiro atoms. The van der Waals surface area contributed by atoms with Gasteiger partial charge in [-0.15, -0.1) is 0 Å². The summed E-state index contributed by atoms with van der Waals surface area (Å²) in [5.41, 5.74) is 9.54. The van der Waals surface area contributed by atoms with Crippen molar-refractivity contribution in [3.8, 4) is 0 Å². The third kappa shape index (κ3) is 2.14. The van der Waals surface area contributed by atoms with Crippen LogP contribution in [0.1, 0.15) is 56.8 Å². The molecule has 0 aliphatic heterocycles. The molecular formula is C17H25N3. The average Bonchev–Trinajstić information content (AvgIpc) is 3.06. The van der Waals surface area contributed by atoms with Crippen LogP contribution in [0.5, 0.6) is 0 Å². The molecule has 2 aromatic rings. The van der Waals surface area contributed by atoms with E-state index in [-0.39, 0.29) is 5.41 Å². The van der Waals surface area contributed by atoms with Crippen molar-refractivity contribution in [3.05, 3.63) is 29.6 Å². The highest BCUT2D eigenvalue weighted by Crippen LogP contribution is 2.35. The number of nitrogens with zero attached hydrogens (tertiary/aromatic N) is 2. The summed E-state index contributed by atoms with van der Waals surface area (Å²) in [5, 5.41) is 0. The minimum absolute atomic E-state index is 0.0131. The summed E-state index contributed by atoms with van der Waals surface area (Å²) >= 11 is 0. The van der Waals surface area contributed by atoms with Crippen molar-refractivity contribution < 1.29 is 0 Å². The molecule has 1 saturated carbocycles. The van der Waals surface area contributed by atoms with Crippen LogP contribution in [-0.2, 0) is 12.5 Å². The Morgan fingerprint density at radius 2 is 2.00 bits per heavy atom. The Balaban J connectivity index is 2.07. The summed E-state index contributed by atoms with van der Waals surface area (Å²) in [7, 11) is 2.15. The first-order chi connectivity index (χ1) is 9.53. The molecule has 1 heterocycles. The molecule has 0 unspecified atom stereocenters. The molecule has 0 saturated heterocycles. The predicted octanol–water partition coefficient (Wildman–Crippen LogP) is 3.47. The van der Waals surface area contributed by atoms with Crippen LogP contribution in [0.15, 0.2) is 18.2 Å². The van der Waals surface area contributed by atoms with Gasteiger partial charge in [0.05, 0.1) is 11.0 Å². The van der Waals surface area contributed by atoms with Crippen molar-refractivity contribution in [2.24, 2.45) is 12.8 Å². The van der Waals surface area contributed by atoms with Crippen molar-refractivity contribution in [3.63, 3.8) is 0 Å². The van der Waals surface area contributed by atoms with E-state index in [0.717, 1.165) is 5.52 Å². The monoisotopic (exact) mass is 271 g/mol. The summed E-state index contributed by atoms with van der Waals surface area (Å²) < 4.78 is 2.28. The number of hydrogen-bond donors (Lipinski definition) is 1. The minimum Gasteiger partial charge on any atom is -0.331 e. The lowest BCUT2D eigenvalue weighted by molar-refractivity contribution is 0.539. The minimum atomic E-state index is 0.0131. The lowest BCUT2D eigenvalue weighted by Gasteiger charge is -2.22. The van der Waals surface area contributed by atoms with Gasteiger partial charge in [-0.25, -0.2) is 4.98 Å². The van der Waals surface area contributed by atoms with E-state index in [1.165, 1.54) is 42.6 Å². The molecule has 2 N–H and O–H groups in total. The lowest BCUT2D eigenvalue weighted by Crippen LogP contribution is -2.27. The SMILES string of the molecule is Cn1c(C2CCCC2)nc2cc(C(C)(C)CN)ccc21. The van der Waals surface area contributed by atoms with Crippen LogP contribution in [0.2, 0.25) is 0 Å². The fourth-order valence-electron chi connectivity index (χ4n) is 3.31. The van der Waals surface area contributed by atoms with Gasteiger partial charge in [-0.2, -0.15) is 0 Å². The molecule has 20 heavy (non-hydrogen) atoms. The Bertz CT molecular complexity index is 618. The van der Waals surface area contributed by atoms with E-state index in [9.17, 15) is 0 Å². The maximum Gasteiger partial charge on any atom is 0.112 e. The first-order valence-corrected chi connectivity index (χ1v) is 7.70. The fraction of sp³-hybridized carbons (Fsp3) is 0.588. The molecule has 0 bridgehead atoms. The molecule has 0 atom stereocenters. The van der Waals surface area contributed by atoms with E-state index < -0.39 is 0 Å². The number of aromatic nitrogens is 2. The van der Waals surface area contributed by atoms with Gasteiger partial charge in [0.15, 0.2) is 0 Å². The van der Waals surface area contributed by atoms with Gasteiger partial charge in [-0.05, 0) is 30.5 Å². The number of nitrogens with two attached hydrogens (primary N) is 1. The number of rotatable bonds is 3. The zero-order valence-electron chi connectivity index (χ0n) is 12.8. The van der Waals surface area contributed by atoms with Crippen molar-refractivity contribution in [2.45, 2.75) is 50.9 Å². The van der Waals surface area contributed by atoms with Gasteiger partial charge in [0.25, 0.3) is 0 Å². The summed E-state index contributed by atoms with van der Waals surface area (Å²) in [4.78, 5) is 4.92. The summed E-state index contributed by atoms with van der Waals surface area (Å²) in [6.45, 7) is 5.03. The third-order valence-corrected chi connectivity index (χ3v) is 4.93. The van der Waals surface area contributed by atoms with Gasteiger partial charge in [-0.3, -0.25) is 0 Å². The zero-order valence-corrected chi connectivity index (χ0v) is 12.8. The van der Waals surface area contributed by atoms with Crippen LogP contribution >= 0.6 is 0 Å². The standard InChI is InChI=1S/C17H25N3/c1-17(2,11-18)13-8-9-15-14(10-13)19-16(20(15)3)12-6-4-5-7-12/h8-10,12H,4-7,11,18H2,1-3H3. The molecule has 1 aliphatic carbocycles. The van der Waals surface area contributed by atoms with Crippen LogP contribution in [0, 0.1) is 0 Å². The number of hydrogen-bond acceptors (Lipinski definition) is 2. The molecule has 0 amide bonds. The fourth-order valence-corrected chi connectivity index (χ4v) is 3.31. The Labute approximate surface area is 121 Å². The van der Waals surface area contributed by atoms with Crippen LogP contribution in [-0.4, -0.2) is 16.1 Å². The van der Waals surface area contributed by atoms with E-state index in [1.54, 1.807) is 0 Å². The average molecular weight is 271 g/mol. The topological polar surface area (TPSA) is 43.8 Å². The smallest absolute Gasteiger partial charge is 0.112 e. The summed E-state index contributed by atoms with van der Waals surface area (Å²) in [6.07, 6.45) is 5.27. The molecule has 3 nitrogen and oxygen atoms in total. The molecule has 3 heteroatoms. The van der Waals surface area contributed by atoms with Crippen molar-refractivity contribution >= 4 is 11.0 Å². The lowest BCUT2D eigenvalue weighted by atomic mass is 9.85. The van der Waals surface area contributed by atoms with Gasteiger partial charge in [0, 0.05) is 24.9 Å². The van der Waals surface area contributed by atoms with E-state index in [4.69, 9.17) is 10.7 Å². The second-order valence-electron chi connectivity index (χ2n) is 6.80. The van der Waals surface area contributed by atoms with Gasteiger partial charge < -0.3 is 10.3 Å². The van der Waals surface area contributed by atoms with Crippen LogP contribution in [0.25, 0.3) is 11.0 Å². The van der Waals surface area contributed by atoms with E-state index >= 15 is 0 Å². The van der Waals surface area contributed by atoms with Crippen LogP contribution in [0.3, 0.4) is 0 Å². The van der Waals surface area contributed by atoms with Gasteiger partial charge in [-0.1, -0.05) is 32.8 Å². The Kier molecular flexibility index (Phi) is 3.33. The van der Waals surface area contributed by atoms with Crippen molar-refractivity contribution in [1.82, 2.24) is 9.55 Å². The van der Waals surface area contributed by atoms with E-state index in [0.29, 0.717) is 12.5 Å². The van der Waals surface area contributed by atoms with Gasteiger partial charge in [0.2, 0.25) is 0 Å². The molecule has 1 fully saturated rings. The maximum atomic E-state index is 5.89. The molecular weight excluding hydrogens is 246 g/mol. The molecule has 3 rings (SSSR count). The largest absolute Gasteiger partial charge is 0.331 e.